The van der Waals surface area contributed by atoms with Crippen LogP contribution >= 0.6 is 11.3 Å². The van der Waals surface area contributed by atoms with Crippen LogP contribution in [-0.2, 0) is 0 Å². The van der Waals surface area contributed by atoms with Gasteiger partial charge in [-0.2, -0.15) is 5.10 Å². The van der Waals surface area contributed by atoms with Gasteiger partial charge in [-0.15, -0.1) is 11.3 Å². The normalized spacial score (nSPS) is 15.3. The van der Waals surface area contributed by atoms with Crippen molar-refractivity contribution in [3.8, 4) is 11.3 Å². The van der Waals surface area contributed by atoms with Crippen molar-refractivity contribution in [3.05, 3.63) is 64.5 Å². The first-order chi connectivity index (χ1) is 12.8. The molecule has 0 aliphatic heterocycles. The molecule has 26 heavy (non-hydrogen) atoms. The number of aromatic nitrogens is 2. The number of hydrogen-bond donors (Lipinski definition) is 0. The highest BCUT2D eigenvalue weighted by Crippen LogP contribution is 2.23. The highest BCUT2D eigenvalue weighted by Gasteiger charge is 2.11. The van der Waals surface area contributed by atoms with E-state index in [1.165, 1.54) is 36.1 Å². The SMILES string of the molecule is Cc1ccc(-c2csc(=Nc3cccnc3)n2N=C2CCCCC2)cc1. The van der Waals surface area contributed by atoms with Crippen LogP contribution < -0.4 is 4.80 Å². The summed E-state index contributed by atoms with van der Waals surface area (Å²) < 4.78 is 2.02. The second-order valence-electron chi connectivity index (χ2n) is 6.63. The lowest BCUT2D eigenvalue weighted by atomic mass is 9.99. The zero-order valence-electron chi connectivity index (χ0n) is 14.9. The fourth-order valence-electron chi connectivity index (χ4n) is 3.13. The van der Waals surface area contributed by atoms with Crippen LogP contribution in [0.2, 0.25) is 0 Å². The van der Waals surface area contributed by atoms with Gasteiger partial charge in [-0.1, -0.05) is 36.2 Å². The first-order valence-electron chi connectivity index (χ1n) is 9.09. The molecule has 0 radical (unpaired) electrons. The third-order valence-electron chi connectivity index (χ3n) is 4.58. The number of nitrogens with zero attached hydrogens (tertiary/aromatic N) is 4. The molecule has 1 saturated carbocycles. The maximum absolute atomic E-state index is 5.00. The van der Waals surface area contributed by atoms with Gasteiger partial charge in [0, 0.05) is 22.9 Å². The van der Waals surface area contributed by atoms with Crippen molar-refractivity contribution in [3.63, 3.8) is 0 Å². The third kappa shape index (κ3) is 3.83. The lowest BCUT2D eigenvalue weighted by molar-refractivity contribution is 0.656. The monoisotopic (exact) mass is 362 g/mol. The van der Waals surface area contributed by atoms with Crippen LogP contribution in [0.25, 0.3) is 11.3 Å². The number of benzene rings is 1. The molecule has 0 amide bonds. The fraction of sp³-hybridized carbons (Fsp3) is 0.286. The molecular formula is C21H22N4S. The molecular weight excluding hydrogens is 340 g/mol. The molecule has 0 bridgehead atoms. The van der Waals surface area contributed by atoms with Gasteiger partial charge in [0.1, 0.15) is 0 Å². The molecule has 4 nitrogen and oxygen atoms in total. The number of aryl methyl sites for hydroxylation is 1. The van der Waals surface area contributed by atoms with Crippen molar-refractivity contribution in [1.29, 1.82) is 0 Å². The molecule has 0 N–H and O–H groups in total. The van der Waals surface area contributed by atoms with E-state index in [2.05, 4.69) is 41.6 Å². The molecule has 0 unspecified atom stereocenters. The summed E-state index contributed by atoms with van der Waals surface area (Å²) in [5.74, 6) is 0. The summed E-state index contributed by atoms with van der Waals surface area (Å²) in [7, 11) is 0. The van der Waals surface area contributed by atoms with Gasteiger partial charge in [0.25, 0.3) is 0 Å². The van der Waals surface area contributed by atoms with Crippen LogP contribution in [0.4, 0.5) is 5.69 Å². The van der Waals surface area contributed by atoms with Crippen LogP contribution in [0.5, 0.6) is 0 Å². The summed E-state index contributed by atoms with van der Waals surface area (Å²) in [5, 5.41) is 7.15. The fourth-order valence-corrected chi connectivity index (χ4v) is 3.98. The summed E-state index contributed by atoms with van der Waals surface area (Å²) in [4.78, 5) is 9.83. The molecule has 1 fully saturated rings. The van der Waals surface area contributed by atoms with Crippen molar-refractivity contribution >= 4 is 22.7 Å². The molecule has 1 aliphatic carbocycles. The molecule has 132 valence electrons. The van der Waals surface area contributed by atoms with E-state index in [-0.39, 0.29) is 0 Å². The average molecular weight is 363 g/mol. The third-order valence-corrected chi connectivity index (χ3v) is 5.39. The van der Waals surface area contributed by atoms with E-state index in [0.717, 1.165) is 29.0 Å². The predicted octanol–water partition coefficient (Wildman–Crippen LogP) is 5.32. The molecule has 3 aromatic rings. The van der Waals surface area contributed by atoms with Gasteiger partial charge in [0.2, 0.25) is 4.80 Å². The standard InChI is InChI=1S/C21H22N4S/c1-16-9-11-17(12-10-16)20-15-26-21(23-19-8-5-13-22-14-19)25(20)24-18-6-3-2-4-7-18/h5,8-15H,2-4,6-7H2,1H3. The summed E-state index contributed by atoms with van der Waals surface area (Å²) in [6.45, 7) is 2.11. The van der Waals surface area contributed by atoms with Gasteiger partial charge in [-0.25, -0.2) is 9.67 Å². The molecule has 4 rings (SSSR count). The molecule has 0 spiro atoms. The lowest BCUT2D eigenvalue weighted by Gasteiger charge is -2.13. The van der Waals surface area contributed by atoms with Gasteiger partial charge in [-0.05, 0) is 44.7 Å². The minimum atomic E-state index is 0.849. The minimum absolute atomic E-state index is 0.849. The Hall–Kier alpha value is -2.53. The molecule has 0 atom stereocenters. The van der Waals surface area contributed by atoms with E-state index in [1.807, 2.05) is 16.8 Å². The predicted molar refractivity (Wildman–Crippen MR) is 108 cm³/mol. The molecule has 2 heterocycles. The van der Waals surface area contributed by atoms with E-state index >= 15 is 0 Å². The Morgan fingerprint density at radius 2 is 1.85 bits per heavy atom. The summed E-state index contributed by atoms with van der Waals surface area (Å²) in [6.07, 6.45) is 9.50. The van der Waals surface area contributed by atoms with Crippen LogP contribution in [0.15, 0.2) is 64.3 Å². The quantitative estimate of drug-likeness (QED) is 0.622. The van der Waals surface area contributed by atoms with Gasteiger partial charge in [0.05, 0.1) is 17.6 Å². The van der Waals surface area contributed by atoms with E-state index in [9.17, 15) is 0 Å². The van der Waals surface area contributed by atoms with Crippen LogP contribution in [-0.4, -0.2) is 15.4 Å². The maximum atomic E-state index is 5.00. The lowest BCUT2D eigenvalue weighted by Crippen LogP contribution is -2.15. The van der Waals surface area contributed by atoms with Crippen molar-refractivity contribution in [2.75, 3.05) is 0 Å². The first kappa shape index (κ1) is 16.9. The van der Waals surface area contributed by atoms with Gasteiger partial charge >= 0.3 is 0 Å². The Labute approximate surface area is 157 Å². The summed E-state index contributed by atoms with van der Waals surface area (Å²) in [5.41, 5.74) is 5.64. The Morgan fingerprint density at radius 3 is 2.58 bits per heavy atom. The first-order valence-corrected chi connectivity index (χ1v) is 9.97. The smallest absolute Gasteiger partial charge is 0.211 e. The Balaban J connectivity index is 1.84. The number of hydrogen-bond acceptors (Lipinski definition) is 4. The van der Waals surface area contributed by atoms with Gasteiger partial charge in [-0.3, -0.25) is 4.98 Å². The zero-order valence-corrected chi connectivity index (χ0v) is 15.7. The molecule has 1 aromatic carbocycles. The molecule has 2 aromatic heterocycles. The second-order valence-corrected chi connectivity index (χ2v) is 7.47. The molecule has 5 heteroatoms. The largest absolute Gasteiger partial charge is 0.262 e. The van der Waals surface area contributed by atoms with Crippen molar-refractivity contribution in [2.24, 2.45) is 10.1 Å². The van der Waals surface area contributed by atoms with E-state index in [1.54, 1.807) is 23.7 Å². The van der Waals surface area contributed by atoms with Crippen molar-refractivity contribution in [2.45, 2.75) is 39.0 Å². The van der Waals surface area contributed by atoms with Crippen molar-refractivity contribution in [1.82, 2.24) is 9.66 Å². The van der Waals surface area contributed by atoms with Crippen molar-refractivity contribution < 1.29 is 0 Å². The Kier molecular flexibility index (Phi) is 5.07. The molecule has 1 aliphatic rings. The number of thiazole rings is 1. The average Bonchev–Trinajstić information content (AvgIpc) is 3.06. The molecule has 0 saturated heterocycles. The topological polar surface area (TPSA) is 42.5 Å². The number of rotatable bonds is 3. The number of pyridine rings is 1. The zero-order chi connectivity index (χ0) is 17.8. The highest BCUT2D eigenvalue weighted by atomic mass is 32.1. The van der Waals surface area contributed by atoms with Crippen LogP contribution in [0, 0.1) is 6.92 Å². The van der Waals surface area contributed by atoms with E-state index in [4.69, 9.17) is 10.1 Å². The second kappa shape index (κ2) is 7.79. The Morgan fingerprint density at radius 1 is 1.04 bits per heavy atom. The minimum Gasteiger partial charge on any atom is -0.262 e. The van der Waals surface area contributed by atoms with E-state index < -0.39 is 0 Å². The maximum Gasteiger partial charge on any atom is 0.211 e. The van der Waals surface area contributed by atoms with Crippen LogP contribution in [0.1, 0.15) is 37.7 Å². The van der Waals surface area contributed by atoms with Gasteiger partial charge in [0.15, 0.2) is 0 Å². The highest BCUT2D eigenvalue weighted by molar-refractivity contribution is 7.07. The van der Waals surface area contributed by atoms with Gasteiger partial charge < -0.3 is 0 Å². The summed E-state index contributed by atoms with van der Waals surface area (Å²) >= 11 is 1.62. The van der Waals surface area contributed by atoms with Crippen LogP contribution in [0.3, 0.4) is 0 Å². The van der Waals surface area contributed by atoms with E-state index in [0.29, 0.717) is 0 Å². The summed E-state index contributed by atoms with van der Waals surface area (Å²) in [6, 6.07) is 12.5. The Bertz CT molecular complexity index is 957.